The van der Waals surface area contributed by atoms with Crippen LogP contribution in [0.15, 0.2) is 12.2 Å². The highest BCUT2D eigenvalue weighted by molar-refractivity contribution is 5.04. The summed E-state index contributed by atoms with van der Waals surface area (Å²) in [6.07, 6.45) is 6.89. The predicted molar refractivity (Wildman–Crippen MR) is 33.6 cm³/mol. The van der Waals surface area contributed by atoms with Gasteiger partial charge in [0.05, 0.1) is 5.60 Å². The number of allylic oxidation sites excluding steroid dienone is 1. The van der Waals surface area contributed by atoms with E-state index in [1.165, 1.54) is 6.42 Å². The van der Waals surface area contributed by atoms with Crippen LogP contribution in [-0.2, 0) is 0 Å². The summed E-state index contributed by atoms with van der Waals surface area (Å²) in [5.74, 6) is 0. The molecule has 1 N–H and O–H groups in total. The van der Waals surface area contributed by atoms with Gasteiger partial charge in [-0.15, -0.1) is 0 Å². The fourth-order valence-electron chi connectivity index (χ4n) is 1.02. The molecule has 1 rings (SSSR count). The molecule has 0 spiro atoms. The van der Waals surface area contributed by atoms with Gasteiger partial charge in [-0.2, -0.15) is 0 Å². The second kappa shape index (κ2) is 1.90. The van der Waals surface area contributed by atoms with Gasteiger partial charge < -0.3 is 5.11 Å². The van der Waals surface area contributed by atoms with Crippen molar-refractivity contribution in [1.82, 2.24) is 0 Å². The SMILES string of the molecule is C/C=C/C1(O)CCC1. The molecule has 1 heteroatoms. The van der Waals surface area contributed by atoms with Crippen LogP contribution in [0.4, 0.5) is 0 Å². The van der Waals surface area contributed by atoms with Crippen molar-refractivity contribution >= 4 is 0 Å². The molecule has 1 aliphatic rings. The Kier molecular flexibility index (Phi) is 1.39. The highest BCUT2D eigenvalue weighted by Crippen LogP contribution is 2.32. The summed E-state index contributed by atoms with van der Waals surface area (Å²) in [5, 5.41) is 9.32. The first kappa shape index (κ1) is 5.83. The monoisotopic (exact) mass is 112 g/mol. The highest BCUT2D eigenvalue weighted by atomic mass is 16.3. The molecule has 0 heterocycles. The molecule has 1 saturated carbocycles. The third-order valence-corrected chi connectivity index (χ3v) is 1.70. The van der Waals surface area contributed by atoms with Gasteiger partial charge in [0.15, 0.2) is 0 Å². The number of rotatable bonds is 1. The zero-order chi connectivity index (χ0) is 6.04. The van der Waals surface area contributed by atoms with Crippen molar-refractivity contribution in [1.29, 1.82) is 0 Å². The average molecular weight is 112 g/mol. The van der Waals surface area contributed by atoms with Crippen LogP contribution in [0.5, 0.6) is 0 Å². The lowest BCUT2D eigenvalue weighted by molar-refractivity contribution is 0.0141. The average Bonchev–Trinajstić information content (AvgIpc) is 1.64. The Balaban J connectivity index is 2.41. The Bertz CT molecular complexity index is 101. The number of aliphatic hydroxyl groups is 1. The predicted octanol–water partition coefficient (Wildman–Crippen LogP) is 1.48. The van der Waals surface area contributed by atoms with Crippen molar-refractivity contribution in [2.75, 3.05) is 0 Å². The molecule has 0 aromatic carbocycles. The lowest BCUT2D eigenvalue weighted by Crippen LogP contribution is -2.33. The van der Waals surface area contributed by atoms with Gasteiger partial charge in [0.2, 0.25) is 0 Å². The summed E-state index contributed by atoms with van der Waals surface area (Å²) in [6.45, 7) is 1.94. The van der Waals surface area contributed by atoms with E-state index in [0.717, 1.165) is 12.8 Å². The molecule has 0 aliphatic heterocycles. The minimum atomic E-state index is -0.408. The maximum absolute atomic E-state index is 9.32. The van der Waals surface area contributed by atoms with Crippen molar-refractivity contribution < 1.29 is 5.11 Å². The molecule has 1 fully saturated rings. The third kappa shape index (κ3) is 0.920. The van der Waals surface area contributed by atoms with E-state index in [1.54, 1.807) is 0 Å². The zero-order valence-corrected chi connectivity index (χ0v) is 5.22. The second-order valence-corrected chi connectivity index (χ2v) is 2.46. The molecule has 1 aliphatic carbocycles. The number of hydrogen-bond donors (Lipinski definition) is 1. The van der Waals surface area contributed by atoms with Crippen molar-refractivity contribution in [3.63, 3.8) is 0 Å². The van der Waals surface area contributed by atoms with Gasteiger partial charge in [-0.3, -0.25) is 0 Å². The van der Waals surface area contributed by atoms with E-state index in [-0.39, 0.29) is 0 Å². The van der Waals surface area contributed by atoms with Crippen molar-refractivity contribution in [3.8, 4) is 0 Å². The summed E-state index contributed by atoms with van der Waals surface area (Å²) in [4.78, 5) is 0. The van der Waals surface area contributed by atoms with E-state index in [1.807, 2.05) is 19.1 Å². The Hall–Kier alpha value is -0.300. The van der Waals surface area contributed by atoms with Gasteiger partial charge >= 0.3 is 0 Å². The van der Waals surface area contributed by atoms with Gasteiger partial charge in [0.1, 0.15) is 0 Å². The summed E-state index contributed by atoms with van der Waals surface area (Å²) in [7, 11) is 0. The molecule has 0 aromatic heterocycles. The molecular weight excluding hydrogens is 100 g/mol. The van der Waals surface area contributed by atoms with E-state index in [2.05, 4.69) is 0 Å². The first-order chi connectivity index (χ1) is 3.77. The van der Waals surface area contributed by atoms with E-state index < -0.39 is 5.60 Å². The lowest BCUT2D eigenvalue weighted by Gasteiger charge is -2.33. The normalized spacial score (nSPS) is 25.8. The highest BCUT2D eigenvalue weighted by Gasteiger charge is 2.30. The van der Waals surface area contributed by atoms with Crippen LogP contribution in [0.3, 0.4) is 0 Å². The molecular formula is C7H12O. The molecule has 0 atom stereocenters. The second-order valence-electron chi connectivity index (χ2n) is 2.46. The fraction of sp³-hybridized carbons (Fsp3) is 0.714. The van der Waals surface area contributed by atoms with Crippen LogP contribution < -0.4 is 0 Å². The van der Waals surface area contributed by atoms with Gasteiger partial charge in [0.25, 0.3) is 0 Å². The third-order valence-electron chi connectivity index (χ3n) is 1.70. The Morgan fingerprint density at radius 1 is 1.50 bits per heavy atom. The first-order valence-electron chi connectivity index (χ1n) is 3.13. The molecule has 8 heavy (non-hydrogen) atoms. The van der Waals surface area contributed by atoms with Crippen LogP contribution in [0, 0.1) is 0 Å². The topological polar surface area (TPSA) is 20.2 Å². The molecule has 46 valence electrons. The van der Waals surface area contributed by atoms with E-state index in [0.29, 0.717) is 0 Å². The molecule has 0 unspecified atom stereocenters. The fourth-order valence-corrected chi connectivity index (χ4v) is 1.02. The van der Waals surface area contributed by atoms with Crippen LogP contribution in [0.25, 0.3) is 0 Å². The Labute approximate surface area is 50.0 Å². The smallest absolute Gasteiger partial charge is 0.0827 e. The standard InChI is InChI=1S/C7H12O/c1-2-4-7(8)5-3-6-7/h2,4,8H,3,5-6H2,1H3/b4-2+. The molecule has 0 saturated heterocycles. The van der Waals surface area contributed by atoms with Crippen molar-refractivity contribution in [2.45, 2.75) is 31.8 Å². The van der Waals surface area contributed by atoms with Crippen LogP contribution in [-0.4, -0.2) is 10.7 Å². The summed E-state index contributed by atoms with van der Waals surface area (Å²) in [6, 6.07) is 0. The van der Waals surface area contributed by atoms with E-state index in [9.17, 15) is 5.11 Å². The minimum absolute atomic E-state index is 0.408. The van der Waals surface area contributed by atoms with Gasteiger partial charge in [0, 0.05) is 0 Å². The zero-order valence-electron chi connectivity index (χ0n) is 5.22. The molecule has 0 aromatic rings. The molecule has 0 radical (unpaired) electrons. The summed E-state index contributed by atoms with van der Waals surface area (Å²) >= 11 is 0. The van der Waals surface area contributed by atoms with Gasteiger partial charge in [-0.25, -0.2) is 0 Å². The largest absolute Gasteiger partial charge is 0.386 e. The first-order valence-corrected chi connectivity index (χ1v) is 3.13. The molecule has 0 amide bonds. The minimum Gasteiger partial charge on any atom is -0.386 e. The van der Waals surface area contributed by atoms with Gasteiger partial charge in [-0.1, -0.05) is 12.2 Å². The summed E-state index contributed by atoms with van der Waals surface area (Å²) in [5.41, 5.74) is -0.408. The van der Waals surface area contributed by atoms with Gasteiger partial charge in [-0.05, 0) is 26.2 Å². The maximum Gasteiger partial charge on any atom is 0.0827 e. The van der Waals surface area contributed by atoms with E-state index >= 15 is 0 Å². The molecule has 1 nitrogen and oxygen atoms in total. The van der Waals surface area contributed by atoms with Crippen LogP contribution in [0.2, 0.25) is 0 Å². The summed E-state index contributed by atoms with van der Waals surface area (Å²) < 4.78 is 0. The van der Waals surface area contributed by atoms with Crippen LogP contribution >= 0.6 is 0 Å². The Morgan fingerprint density at radius 2 is 2.12 bits per heavy atom. The lowest BCUT2D eigenvalue weighted by atomic mass is 9.80. The van der Waals surface area contributed by atoms with E-state index in [4.69, 9.17) is 0 Å². The maximum atomic E-state index is 9.32. The van der Waals surface area contributed by atoms with Crippen molar-refractivity contribution in [3.05, 3.63) is 12.2 Å². The number of hydrogen-bond acceptors (Lipinski definition) is 1. The Morgan fingerprint density at radius 3 is 2.25 bits per heavy atom. The quantitative estimate of drug-likeness (QED) is 0.509. The van der Waals surface area contributed by atoms with Crippen molar-refractivity contribution in [2.24, 2.45) is 0 Å². The van der Waals surface area contributed by atoms with Crippen LogP contribution in [0.1, 0.15) is 26.2 Å². The molecule has 0 bridgehead atoms.